The molecule has 6 heteroatoms. The number of hydrogen-bond acceptors (Lipinski definition) is 5. The zero-order chi connectivity index (χ0) is 21.0. The van der Waals surface area contributed by atoms with Crippen molar-refractivity contribution >= 4 is 16.5 Å². The van der Waals surface area contributed by atoms with Crippen molar-refractivity contribution in [1.82, 2.24) is 4.98 Å². The molecule has 1 aromatic heterocycles. The van der Waals surface area contributed by atoms with Gasteiger partial charge in [0, 0.05) is 29.1 Å². The second kappa shape index (κ2) is 6.49. The van der Waals surface area contributed by atoms with Gasteiger partial charge in [-0.1, -0.05) is 12.1 Å². The number of aromatic hydroxyl groups is 5. The largest absolute Gasteiger partial charge is 0.508 e. The summed E-state index contributed by atoms with van der Waals surface area (Å²) in [5.74, 6) is -1.40. The van der Waals surface area contributed by atoms with Crippen molar-refractivity contribution in [1.29, 1.82) is 0 Å². The van der Waals surface area contributed by atoms with E-state index < -0.39 is 17.2 Å². The molecular weight excluding hydrogens is 382 g/mol. The molecular formula is C24H19NO5. The Bertz CT molecular complexity index is 1310. The van der Waals surface area contributed by atoms with Crippen molar-refractivity contribution in [3.8, 4) is 28.7 Å². The van der Waals surface area contributed by atoms with E-state index in [0.29, 0.717) is 12.0 Å². The summed E-state index contributed by atoms with van der Waals surface area (Å²) in [7, 11) is 0. The fourth-order valence-electron chi connectivity index (χ4n) is 4.33. The molecule has 1 aliphatic rings. The lowest BCUT2D eigenvalue weighted by atomic mass is 9.82. The Morgan fingerprint density at radius 1 is 0.800 bits per heavy atom. The van der Waals surface area contributed by atoms with Crippen LogP contribution in [0.4, 0.5) is 0 Å². The Balaban J connectivity index is 1.76. The van der Waals surface area contributed by atoms with E-state index in [1.54, 1.807) is 24.3 Å². The van der Waals surface area contributed by atoms with Gasteiger partial charge >= 0.3 is 0 Å². The summed E-state index contributed by atoms with van der Waals surface area (Å²) in [6.45, 7) is 0. The summed E-state index contributed by atoms with van der Waals surface area (Å²) in [6, 6.07) is 13.2. The minimum absolute atomic E-state index is 0.147. The molecule has 3 aromatic carbocycles. The number of allylic oxidation sites excluding steroid dienone is 2. The first-order valence-electron chi connectivity index (χ1n) is 9.49. The van der Waals surface area contributed by atoms with Crippen LogP contribution < -0.4 is 0 Å². The Labute approximate surface area is 171 Å². The molecule has 1 heterocycles. The van der Waals surface area contributed by atoms with Crippen molar-refractivity contribution in [2.75, 3.05) is 0 Å². The Morgan fingerprint density at radius 3 is 2.27 bits per heavy atom. The third-order valence-electron chi connectivity index (χ3n) is 5.69. The maximum Gasteiger partial charge on any atom is 0.200 e. The number of hydrogen-bond donors (Lipinski definition) is 6. The summed E-state index contributed by atoms with van der Waals surface area (Å²) in [4.78, 5) is 3.17. The van der Waals surface area contributed by atoms with Crippen LogP contribution in [0.15, 0.2) is 60.8 Å². The summed E-state index contributed by atoms with van der Waals surface area (Å²) in [5.41, 5.74) is 5.17. The van der Waals surface area contributed by atoms with Gasteiger partial charge in [-0.3, -0.25) is 0 Å². The predicted molar refractivity (Wildman–Crippen MR) is 113 cm³/mol. The van der Waals surface area contributed by atoms with E-state index in [1.165, 1.54) is 12.1 Å². The first kappa shape index (κ1) is 18.0. The zero-order valence-corrected chi connectivity index (χ0v) is 15.8. The molecule has 1 aliphatic carbocycles. The van der Waals surface area contributed by atoms with Crippen molar-refractivity contribution in [3.05, 3.63) is 83.1 Å². The van der Waals surface area contributed by atoms with Crippen LogP contribution in [0.2, 0.25) is 0 Å². The second-order valence-corrected chi connectivity index (χ2v) is 7.52. The fourth-order valence-corrected chi connectivity index (χ4v) is 4.33. The number of aromatic amines is 1. The molecule has 0 spiro atoms. The van der Waals surface area contributed by atoms with Gasteiger partial charge in [0.1, 0.15) is 11.5 Å². The maximum absolute atomic E-state index is 10.1. The lowest BCUT2D eigenvalue weighted by molar-refractivity contribution is 0.367. The van der Waals surface area contributed by atoms with Crippen LogP contribution in [-0.4, -0.2) is 30.5 Å². The molecule has 0 saturated heterocycles. The van der Waals surface area contributed by atoms with Crippen LogP contribution >= 0.6 is 0 Å². The summed E-state index contributed by atoms with van der Waals surface area (Å²) >= 11 is 0. The van der Waals surface area contributed by atoms with E-state index in [2.05, 4.69) is 11.1 Å². The summed E-state index contributed by atoms with van der Waals surface area (Å²) in [6.07, 6.45) is 4.55. The van der Waals surface area contributed by atoms with Crippen LogP contribution in [0, 0.1) is 0 Å². The minimum atomic E-state index is -0.563. The Morgan fingerprint density at radius 2 is 1.50 bits per heavy atom. The molecule has 1 atom stereocenters. The number of H-pyrrole nitrogens is 1. The third kappa shape index (κ3) is 2.73. The van der Waals surface area contributed by atoms with Gasteiger partial charge in [-0.05, 0) is 70.6 Å². The van der Waals surface area contributed by atoms with Crippen LogP contribution in [0.3, 0.4) is 0 Å². The Hall–Kier alpha value is -4.06. The predicted octanol–water partition coefficient (Wildman–Crippen LogP) is 4.47. The summed E-state index contributed by atoms with van der Waals surface area (Å²) < 4.78 is 0. The third-order valence-corrected chi connectivity index (χ3v) is 5.69. The molecule has 1 unspecified atom stereocenters. The number of phenolic OH excluding ortho intramolecular Hbond substituents is 5. The van der Waals surface area contributed by atoms with E-state index in [9.17, 15) is 25.5 Å². The molecule has 0 aliphatic heterocycles. The highest BCUT2D eigenvalue weighted by atomic mass is 16.3. The van der Waals surface area contributed by atoms with Crippen molar-refractivity contribution in [2.24, 2.45) is 0 Å². The second-order valence-electron chi connectivity index (χ2n) is 7.52. The van der Waals surface area contributed by atoms with Crippen LogP contribution in [-0.2, 0) is 6.42 Å². The van der Waals surface area contributed by atoms with Gasteiger partial charge in [0.2, 0.25) is 0 Å². The van der Waals surface area contributed by atoms with Crippen molar-refractivity contribution < 1.29 is 25.5 Å². The molecule has 0 amide bonds. The number of phenols is 5. The number of rotatable bonds is 3. The molecule has 0 saturated carbocycles. The lowest BCUT2D eigenvalue weighted by Crippen LogP contribution is -2.03. The molecule has 0 bridgehead atoms. The minimum Gasteiger partial charge on any atom is -0.508 e. The van der Waals surface area contributed by atoms with Gasteiger partial charge in [0.25, 0.3) is 0 Å². The number of fused-ring (bicyclic) bond motifs is 2. The highest BCUT2D eigenvalue weighted by Crippen LogP contribution is 2.48. The first-order valence-corrected chi connectivity index (χ1v) is 9.49. The molecule has 150 valence electrons. The Kier molecular flexibility index (Phi) is 3.89. The van der Waals surface area contributed by atoms with Gasteiger partial charge in [-0.2, -0.15) is 0 Å². The van der Waals surface area contributed by atoms with E-state index in [0.717, 1.165) is 33.2 Å². The van der Waals surface area contributed by atoms with Gasteiger partial charge in [0.15, 0.2) is 17.2 Å². The standard InChI is InChI=1S/C24H19NO5/c26-14-2-5-16-12(7-14)1-4-18(16)23(13-8-21(28)24(30)22(29)9-13)19-11-25-20-10-15(27)3-6-17(19)20/h2-11,23,25-30H,1H2. The smallest absolute Gasteiger partial charge is 0.200 e. The molecule has 0 fully saturated rings. The monoisotopic (exact) mass is 401 g/mol. The zero-order valence-electron chi connectivity index (χ0n) is 15.8. The molecule has 5 rings (SSSR count). The average Bonchev–Trinajstić information content (AvgIpc) is 3.30. The maximum atomic E-state index is 10.1. The molecule has 6 N–H and O–H groups in total. The number of aromatic nitrogens is 1. The van der Waals surface area contributed by atoms with E-state index in [1.807, 2.05) is 18.3 Å². The molecule has 30 heavy (non-hydrogen) atoms. The topological polar surface area (TPSA) is 117 Å². The lowest BCUT2D eigenvalue weighted by Gasteiger charge is -2.21. The highest BCUT2D eigenvalue weighted by Gasteiger charge is 2.29. The van der Waals surface area contributed by atoms with E-state index in [-0.39, 0.29) is 17.4 Å². The van der Waals surface area contributed by atoms with Crippen molar-refractivity contribution in [3.63, 3.8) is 0 Å². The molecule has 4 aromatic rings. The quantitative estimate of drug-likeness (QED) is 0.283. The normalized spacial score (nSPS) is 13.9. The van der Waals surface area contributed by atoms with Crippen LogP contribution in [0.5, 0.6) is 28.7 Å². The first-order chi connectivity index (χ1) is 14.4. The van der Waals surface area contributed by atoms with Gasteiger partial charge in [0.05, 0.1) is 0 Å². The van der Waals surface area contributed by atoms with Gasteiger partial charge in [-0.15, -0.1) is 0 Å². The van der Waals surface area contributed by atoms with Gasteiger partial charge < -0.3 is 30.5 Å². The summed E-state index contributed by atoms with van der Waals surface area (Å²) in [5, 5.41) is 50.7. The number of benzene rings is 3. The molecule has 6 nitrogen and oxygen atoms in total. The average molecular weight is 401 g/mol. The van der Waals surface area contributed by atoms with Crippen LogP contribution in [0.1, 0.15) is 28.2 Å². The SMILES string of the molecule is Oc1ccc2c(c1)CC=C2C(c1cc(O)c(O)c(O)c1)c1c[nH]c2cc(O)ccc12. The van der Waals surface area contributed by atoms with E-state index in [4.69, 9.17) is 0 Å². The molecule has 0 radical (unpaired) electrons. The van der Waals surface area contributed by atoms with Crippen LogP contribution in [0.25, 0.3) is 16.5 Å². The highest BCUT2D eigenvalue weighted by molar-refractivity contribution is 5.91. The fraction of sp³-hybridized carbons (Fsp3) is 0.0833. The van der Waals surface area contributed by atoms with E-state index >= 15 is 0 Å². The number of nitrogens with one attached hydrogen (secondary N) is 1. The van der Waals surface area contributed by atoms with Gasteiger partial charge in [-0.25, -0.2) is 0 Å². The van der Waals surface area contributed by atoms with Crippen molar-refractivity contribution in [2.45, 2.75) is 12.3 Å².